The maximum Gasteiger partial charge on any atom is 0.295 e. The smallest absolute Gasteiger partial charge is 0.295 e. The molecule has 0 unspecified atom stereocenters. The summed E-state index contributed by atoms with van der Waals surface area (Å²) in [5.41, 5.74) is 4.05. The second-order valence-electron chi connectivity index (χ2n) is 5.16. The number of nitrogens with zero attached hydrogens (tertiary/aromatic N) is 2. The number of hydrazone groups is 1. The van der Waals surface area contributed by atoms with E-state index < -0.39 is 0 Å². The fourth-order valence-electron chi connectivity index (χ4n) is 1.43. The summed E-state index contributed by atoms with van der Waals surface area (Å²) in [6.45, 7) is 2.19. The van der Waals surface area contributed by atoms with Crippen LogP contribution in [0.3, 0.4) is 0 Å². The lowest BCUT2D eigenvalue weighted by Gasteiger charge is -2.22. The summed E-state index contributed by atoms with van der Waals surface area (Å²) in [6.07, 6.45) is 0. The highest BCUT2D eigenvalue weighted by Crippen LogP contribution is 2.15. The first kappa shape index (κ1) is 18.3. The molecule has 106 valence electrons. The lowest BCUT2D eigenvalue weighted by Crippen LogP contribution is -3.00. The third kappa shape index (κ3) is 6.89. The minimum atomic E-state index is -0.117. The van der Waals surface area contributed by atoms with Gasteiger partial charge < -0.3 is 28.5 Å². The number of likely N-dealkylation sites (N-methyl/N-ethyl adjacent to an activating group) is 1. The molecule has 0 radical (unpaired) electrons. The van der Waals surface area contributed by atoms with E-state index >= 15 is 0 Å². The lowest BCUT2D eigenvalue weighted by molar-refractivity contribution is -0.862. The molecule has 0 saturated carbocycles. The number of hydrogen-bond acceptors (Lipinski definition) is 2. The van der Waals surface area contributed by atoms with Crippen molar-refractivity contribution in [2.75, 3.05) is 27.7 Å². The predicted molar refractivity (Wildman–Crippen MR) is 74.7 cm³/mol. The molecule has 0 aliphatic rings. The van der Waals surface area contributed by atoms with E-state index in [1.54, 1.807) is 6.07 Å². The Hall–Kier alpha value is -0.660. The molecule has 0 bridgehead atoms. The van der Waals surface area contributed by atoms with Crippen LogP contribution in [0.4, 0.5) is 0 Å². The van der Waals surface area contributed by atoms with Crippen molar-refractivity contribution in [2.45, 2.75) is 6.92 Å². The first-order valence-electron chi connectivity index (χ1n) is 5.68. The van der Waals surface area contributed by atoms with E-state index in [0.29, 0.717) is 21.8 Å². The monoisotopic (exact) mass is 395 g/mol. The van der Waals surface area contributed by atoms with Crippen LogP contribution in [0.25, 0.3) is 0 Å². The summed E-state index contributed by atoms with van der Waals surface area (Å²) in [5.74, 6) is -0.117. The fraction of sp³-hybridized carbons (Fsp3) is 0.385. The maximum atomic E-state index is 11.6. The summed E-state index contributed by atoms with van der Waals surface area (Å²) in [4.78, 5) is 11.6. The molecule has 19 heavy (non-hydrogen) atoms. The molecule has 0 fully saturated rings. The number of carbonyl (C=O) groups excluding carboxylic acids is 1. The Kier molecular flexibility index (Phi) is 7.54. The zero-order valence-corrected chi connectivity index (χ0v) is 14.5. The third-order valence-electron chi connectivity index (χ3n) is 2.23. The SMILES string of the molecule is C/C(=N\NC(=O)C[N+](C)(C)C)c1ccccc1Cl.[I-]. The highest BCUT2D eigenvalue weighted by molar-refractivity contribution is 6.34. The lowest BCUT2D eigenvalue weighted by atomic mass is 10.1. The van der Waals surface area contributed by atoms with Crippen LogP contribution in [0, 0.1) is 0 Å². The van der Waals surface area contributed by atoms with Crippen molar-refractivity contribution in [1.29, 1.82) is 0 Å². The van der Waals surface area contributed by atoms with Gasteiger partial charge in [-0.05, 0) is 13.0 Å². The van der Waals surface area contributed by atoms with Crippen molar-refractivity contribution in [1.82, 2.24) is 5.43 Å². The van der Waals surface area contributed by atoms with Gasteiger partial charge in [0.2, 0.25) is 0 Å². The summed E-state index contributed by atoms with van der Waals surface area (Å²) in [5, 5.41) is 4.69. The first-order valence-corrected chi connectivity index (χ1v) is 6.06. The van der Waals surface area contributed by atoms with Gasteiger partial charge in [-0.15, -0.1) is 0 Å². The molecular weight excluding hydrogens is 377 g/mol. The van der Waals surface area contributed by atoms with Crippen molar-refractivity contribution in [3.05, 3.63) is 34.9 Å². The topological polar surface area (TPSA) is 41.5 Å². The molecular formula is C13H19ClIN3O. The first-order chi connectivity index (χ1) is 8.29. The normalized spacial score (nSPS) is 11.7. The van der Waals surface area contributed by atoms with E-state index in [4.69, 9.17) is 11.6 Å². The molecule has 0 saturated heterocycles. The van der Waals surface area contributed by atoms with Gasteiger partial charge in [-0.2, -0.15) is 5.10 Å². The second-order valence-corrected chi connectivity index (χ2v) is 5.57. The number of halogens is 2. The highest BCUT2D eigenvalue weighted by Gasteiger charge is 2.13. The Labute approximate surface area is 136 Å². The second kappa shape index (κ2) is 7.81. The summed E-state index contributed by atoms with van der Waals surface area (Å²) in [7, 11) is 5.85. The van der Waals surface area contributed by atoms with Crippen LogP contribution >= 0.6 is 11.6 Å². The van der Waals surface area contributed by atoms with Crippen LogP contribution in [0.15, 0.2) is 29.4 Å². The van der Waals surface area contributed by atoms with E-state index in [9.17, 15) is 4.79 Å². The van der Waals surface area contributed by atoms with Gasteiger partial charge in [-0.1, -0.05) is 29.8 Å². The van der Waals surface area contributed by atoms with Crippen LogP contribution in [0.2, 0.25) is 5.02 Å². The van der Waals surface area contributed by atoms with Gasteiger partial charge in [-0.3, -0.25) is 4.79 Å². The van der Waals surface area contributed by atoms with E-state index in [0.717, 1.165) is 5.56 Å². The number of benzene rings is 1. The van der Waals surface area contributed by atoms with Crippen LogP contribution in [0.1, 0.15) is 12.5 Å². The van der Waals surface area contributed by atoms with E-state index in [1.807, 2.05) is 46.3 Å². The zero-order valence-electron chi connectivity index (χ0n) is 11.6. The molecule has 1 aromatic carbocycles. The van der Waals surface area contributed by atoms with Crippen LogP contribution < -0.4 is 29.4 Å². The van der Waals surface area contributed by atoms with Gasteiger partial charge >= 0.3 is 0 Å². The number of rotatable bonds is 4. The van der Waals surface area contributed by atoms with Crippen LogP contribution in [-0.4, -0.2) is 43.8 Å². The van der Waals surface area contributed by atoms with Gasteiger partial charge in [0.05, 0.1) is 26.9 Å². The molecule has 1 aromatic rings. The van der Waals surface area contributed by atoms with Gasteiger partial charge in [0.15, 0.2) is 6.54 Å². The quantitative estimate of drug-likeness (QED) is 0.299. The van der Waals surface area contributed by atoms with Crippen molar-refractivity contribution in [3.63, 3.8) is 0 Å². The highest BCUT2D eigenvalue weighted by atomic mass is 127. The Bertz CT molecular complexity index is 469. The number of nitrogens with one attached hydrogen (secondary N) is 1. The molecule has 0 aromatic heterocycles. The zero-order chi connectivity index (χ0) is 13.8. The predicted octanol–water partition coefficient (Wildman–Crippen LogP) is -1.11. The number of amides is 1. The molecule has 1 rings (SSSR count). The van der Waals surface area contributed by atoms with E-state index in [1.165, 1.54) is 0 Å². The summed E-state index contributed by atoms with van der Waals surface area (Å²) >= 11 is 6.04. The Morgan fingerprint density at radius 1 is 1.32 bits per heavy atom. The van der Waals surface area contributed by atoms with Crippen LogP contribution in [0.5, 0.6) is 0 Å². The molecule has 1 N–H and O–H groups in total. The molecule has 4 nitrogen and oxygen atoms in total. The van der Waals surface area contributed by atoms with Gasteiger partial charge in [0, 0.05) is 10.6 Å². The summed E-state index contributed by atoms with van der Waals surface area (Å²) in [6, 6.07) is 7.40. The molecule has 0 aliphatic carbocycles. The summed E-state index contributed by atoms with van der Waals surface area (Å²) < 4.78 is 0.562. The van der Waals surface area contributed by atoms with Gasteiger partial charge in [0.25, 0.3) is 5.91 Å². The molecule has 0 spiro atoms. The largest absolute Gasteiger partial charge is 1.00 e. The minimum absolute atomic E-state index is 0. The van der Waals surface area contributed by atoms with Crippen molar-refractivity contribution in [2.24, 2.45) is 5.10 Å². The third-order valence-corrected chi connectivity index (χ3v) is 2.56. The molecule has 0 atom stereocenters. The Morgan fingerprint density at radius 3 is 2.42 bits per heavy atom. The average Bonchev–Trinajstić information content (AvgIpc) is 2.24. The standard InChI is InChI=1S/C13H18ClN3O.HI/c1-10(11-7-5-6-8-12(11)14)15-16-13(18)9-17(2,3)4;/h5-8H,9H2,1-4H3;1H/b15-10+;. The number of carbonyl (C=O) groups is 1. The van der Waals surface area contributed by atoms with Crippen molar-refractivity contribution >= 4 is 23.2 Å². The number of hydrogen-bond donors (Lipinski definition) is 1. The fourth-order valence-corrected chi connectivity index (χ4v) is 1.70. The van der Waals surface area contributed by atoms with Crippen molar-refractivity contribution in [3.8, 4) is 0 Å². The van der Waals surface area contributed by atoms with Crippen LogP contribution in [-0.2, 0) is 4.79 Å². The molecule has 0 aliphatic heterocycles. The molecule has 1 amide bonds. The Balaban J connectivity index is 0.00000324. The van der Waals surface area contributed by atoms with Gasteiger partial charge in [-0.25, -0.2) is 5.43 Å². The van der Waals surface area contributed by atoms with Gasteiger partial charge in [0.1, 0.15) is 0 Å². The average molecular weight is 396 g/mol. The molecule has 6 heteroatoms. The van der Waals surface area contributed by atoms with Crippen molar-refractivity contribution < 1.29 is 33.3 Å². The van der Waals surface area contributed by atoms with E-state index in [-0.39, 0.29) is 29.9 Å². The van der Waals surface area contributed by atoms with E-state index in [2.05, 4.69) is 10.5 Å². The maximum absolute atomic E-state index is 11.6. The number of quaternary nitrogens is 1. The molecule has 0 heterocycles. The Morgan fingerprint density at radius 2 is 1.89 bits per heavy atom. The minimum Gasteiger partial charge on any atom is -1.00 e.